The second-order valence-corrected chi connectivity index (χ2v) is 18.7. The normalized spacial score (nSPS) is 40.0. The number of unbranched alkanes of at least 4 members (excludes halogenated alkanes) is 1. The third kappa shape index (κ3) is 5.86. The van der Waals surface area contributed by atoms with Gasteiger partial charge in [-0.15, -0.1) is 0 Å². The van der Waals surface area contributed by atoms with Crippen molar-refractivity contribution in [2.45, 2.75) is 138 Å². The second-order valence-electron chi connectivity index (χ2n) is 18.7. The molecule has 50 heavy (non-hydrogen) atoms. The van der Waals surface area contributed by atoms with Crippen LogP contribution in [0.4, 0.5) is 0 Å². The van der Waals surface area contributed by atoms with E-state index in [1.165, 1.54) is 31.3 Å². The fourth-order valence-corrected chi connectivity index (χ4v) is 13.4. The monoisotopic (exact) mass is 688 g/mol. The number of hydrogen-bond donors (Lipinski definition) is 4. The second kappa shape index (κ2) is 13.4. The summed E-state index contributed by atoms with van der Waals surface area (Å²) in [6.07, 6.45) is 11.7. The summed E-state index contributed by atoms with van der Waals surface area (Å²) in [6, 6.07) is 7.47. The molecule has 10 atom stereocenters. The van der Waals surface area contributed by atoms with Gasteiger partial charge in [-0.3, -0.25) is 14.4 Å². The van der Waals surface area contributed by atoms with Crippen LogP contribution < -0.4 is 10.6 Å². The van der Waals surface area contributed by atoms with Gasteiger partial charge in [0.2, 0.25) is 5.91 Å². The molecule has 5 fully saturated rings. The van der Waals surface area contributed by atoms with E-state index >= 15 is 0 Å². The van der Waals surface area contributed by atoms with Crippen molar-refractivity contribution in [1.29, 1.82) is 0 Å². The van der Waals surface area contributed by atoms with Gasteiger partial charge in [0.1, 0.15) is 0 Å². The Hall–Kier alpha value is -2.67. The number of carboxylic acids is 1. The van der Waals surface area contributed by atoms with Crippen molar-refractivity contribution < 1.29 is 24.6 Å². The lowest BCUT2D eigenvalue weighted by atomic mass is 9.32. The van der Waals surface area contributed by atoms with E-state index in [1.54, 1.807) is 6.07 Å². The Bertz CT molecular complexity index is 1500. The van der Waals surface area contributed by atoms with Crippen molar-refractivity contribution in [3.05, 3.63) is 47.5 Å². The Morgan fingerprint density at radius 1 is 0.860 bits per heavy atom. The molecule has 7 heteroatoms. The quantitative estimate of drug-likeness (QED) is 0.146. The first-order valence-corrected chi connectivity index (χ1v) is 19.7. The van der Waals surface area contributed by atoms with Gasteiger partial charge in [-0.2, -0.15) is 0 Å². The summed E-state index contributed by atoms with van der Waals surface area (Å²) in [5, 5.41) is 26.2. The predicted molar refractivity (Wildman–Crippen MR) is 197 cm³/mol. The minimum atomic E-state index is -0.823. The Kier molecular flexibility index (Phi) is 9.93. The zero-order chi connectivity index (χ0) is 36.3. The molecule has 6 unspecified atom stereocenters. The summed E-state index contributed by atoms with van der Waals surface area (Å²) < 4.78 is 0. The summed E-state index contributed by atoms with van der Waals surface area (Å²) >= 11 is 0. The number of fused-ring (bicyclic) bond motifs is 7. The van der Waals surface area contributed by atoms with E-state index in [0.717, 1.165) is 44.1 Å². The molecule has 5 aliphatic rings. The highest BCUT2D eigenvalue weighted by molar-refractivity contribution is 5.94. The number of aliphatic hydroxyl groups is 1. The van der Waals surface area contributed by atoms with E-state index < -0.39 is 11.4 Å². The largest absolute Gasteiger partial charge is 0.481 e. The van der Waals surface area contributed by atoms with E-state index in [4.69, 9.17) is 5.11 Å². The van der Waals surface area contributed by atoms with Crippen LogP contribution >= 0.6 is 0 Å². The number of benzene rings is 1. The summed E-state index contributed by atoms with van der Waals surface area (Å²) in [5.74, 6) is 1.43. The molecule has 2 amide bonds. The zero-order valence-corrected chi connectivity index (χ0v) is 31.7. The van der Waals surface area contributed by atoms with Crippen LogP contribution in [0.1, 0.15) is 141 Å². The van der Waals surface area contributed by atoms with Crippen molar-refractivity contribution >= 4 is 17.8 Å². The van der Waals surface area contributed by atoms with E-state index in [-0.39, 0.29) is 51.9 Å². The van der Waals surface area contributed by atoms with Crippen molar-refractivity contribution in [2.24, 2.45) is 56.7 Å². The molecule has 0 spiro atoms. The average molecular weight is 689 g/mol. The van der Waals surface area contributed by atoms with Crippen molar-refractivity contribution in [3.63, 3.8) is 0 Å². The van der Waals surface area contributed by atoms with Crippen LogP contribution in [0.5, 0.6) is 0 Å². The van der Waals surface area contributed by atoms with Gasteiger partial charge in [-0.25, -0.2) is 0 Å². The number of carbonyl (C=O) groups excluding carboxylic acids is 2. The number of aliphatic hydroxyl groups excluding tert-OH is 1. The van der Waals surface area contributed by atoms with Crippen LogP contribution in [0.15, 0.2) is 36.4 Å². The summed E-state index contributed by atoms with van der Waals surface area (Å²) in [6.45, 7) is 19.9. The molecule has 0 heterocycles. The first kappa shape index (κ1) is 37.1. The molecule has 4 N–H and O–H groups in total. The van der Waals surface area contributed by atoms with Crippen molar-refractivity contribution in [1.82, 2.24) is 10.6 Å². The molecule has 1 aromatic carbocycles. The number of rotatable bonds is 10. The fourth-order valence-electron chi connectivity index (χ4n) is 13.4. The maximum Gasteiger partial charge on any atom is 0.303 e. The van der Waals surface area contributed by atoms with Gasteiger partial charge < -0.3 is 20.8 Å². The molecule has 7 nitrogen and oxygen atoms in total. The molecule has 1 aromatic rings. The fraction of sp³-hybridized carbons (Fsp3) is 0.744. The Labute approximate surface area is 300 Å². The van der Waals surface area contributed by atoms with Crippen LogP contribution in [0.2, 0.25) is 0 Å². The molecule has 276 valence electrons. The van der Waals surface area contributed by atoms with Crippen LogP contribution in [-0.4, -0.2) is 40.6 Å². The molecule has 0 saturated heterocycles. The maximum atomic E-state index is 14.6. The zero-order valence-electron chi connectivity index (χ0n) is 31.7. The van der Waals surface area contributed by atoms with E-state index in [1.807, 2.05) is 18.2 Å². The van der Waals surface area contributed by atoms with Gasteiger partial charge in [0.15, 0.2) is 0 Å². The highest BCUT2D eigenvalue weighted by Gasteiger charge is 2.71. The third-order valence-electron chi connectivity index (χ3n) is 16.2. The molecular formula is C43H64N2O5. The maximum absolute atomic E-state index is 14.6. The van der Waals surface area contributed by atoms with Gasteiger partial charge in [0.25, 0.3) is 5.91 Å². The average Bonchev–Trinajstić information content (AvgIpc) is 3.47. The van der Waals surface area contributed by atoms with Gasteiger partial charge in [0, 0.05) is 25.1 Å². The Morgan fingerprint density at radius 3 is 2.34 bits per heavy atom. The van der Waals surface area contributed by atoms with E-state index in [9.17, 15) is 19.5 Å². The summed E-state index contributed by atoms with van der Waals surface area (Å²) in [4.78, 5) is 38.2. The predicted octanol–water partition coefficient (Wildman–Crippen LogP) is 8.31. The molecule has 5 aliphatic carbocycles. The number of carboxylic acid groups (broad SMARTS) is 1. The van der Waals surface area contributed by atoms with Gasteiger partial charge in [-0.1, -0.05) is 58.9 Å². The lowest BCUT2D eigenvalue weighted by Crippen LogP contribution is -2.67. The number of amides is 2. The standard InChI is InChI=1S/C43H64N2O5/c1-27(2)30-16-21-43(38(50)45-26-28-11-10-12-29(25-28)37(49)44-24-9-8-13-35(47)48)23-22-41(6)31(36(30)43)14-15-33-40(5)19-18-34(46)39(3,4)32(40)17-20-42(33,41)7/h10-12,25,30-34,36,46H,1,8-9,13-24,26H2,2-7H3,(H,44,49)(H,45,50)(H,47,48)/t30?,31?,32?,33?,34-,36?,40-,41+,42+,43?/m0/s1. The molecule has 0 aromatic heterocycles. The molecule has 0 bridgehead atoms. The molecular weight excluding hydrogens is 624 g/mol. The summed E-state index contributed by atoms with van der Waals surface area (Å²) in [5.41, 5.74) is 2.78. The molecule has 0 aliphatic heterocycles. The number of nitrogens with one attached hydrogen (secondary N) is 2. The van der Waals surface area contributed by atoms with Gasteiger partial charge >= 0.3 is 5.97 Å². The van der Waals surface area contributed by atoms with Gasteiger partial charge in [0.05, 0.1) is 11.5 Å². The van der Waals surface area contributed by atoms with Crippen molar-refractivity contribution in [2.75, 3.05) is 6.54 Å². The number of hydrogen-bond acceptors (Lipinski definition) is 4. The van der Waals surface area contributed by atoms with E-state index in [0.29, 0.717) is 55.2 Å². The minimum Gasteiger partial charge on any atom is -0.481 e. The molecule has 0 radical (unpaired) electrons. The SMILES string of the molecule is C=C(C)C1CCC2(C(=O)NCc3cccc(C(=O)NCCCCC(=O)O)c3)CC[C@]3(C)C(CCC4[C@@]5(C)CC[C@H](O)C(C)(C)C5CC[C@]43C)C12. The number of allylic oxidation sites excluding steroid dienone is 1. The summed E-state index contributed by atoms with van der Waals surface area (Å²) in [7, 11) is 0. The lowest BCUT2D eigenvalue weighted by Gasteiger charge is -2.72. The third-order valence-corrected chi connectivity index (χ3v) is 16.2. The highest BCUT2D eigenvalue weighted by Crippen LogP contribution is 2.77. The lowest BCUT2D eigenvalue weighted by molar-refractivity contribution is -0.246. The van der Waals surface area contributed by atoms with Gasteiger partial charge in [-0.05, 0) is 153 Å². The number of aliphatic carboxylic acids is 1. The Morgan fingerprint density at radius 2 is 1.62 bits per heavy atom. The minimum absolute atomic E-state index is 0.0605. The van der Waals surface area contributed by atoms with Crippen LogP contribution in [0.3, 0.4) is 0 Å². The first-order valence-electron chi connectivity index (χ1n) is 19.7. The topological polar surface area (TPSA) is 116 Å². The molecule has 5 saturated carbocycles. The van der Waals surface area contributed by atoms with Crippen LogP contribution in [0.25, 0.3) is 0 Å². The highest BCUT2D eigenvalue weighted by atomic mass is 16.4. The number of carbonyl (C=O) groups is 3. The van der Waals surface area contributed by atoms with Crippen LogP contribution in [0, 0.1) is 56.7 Å². The van der Waals surface area contributed by atoms with Crippen LogP contribution in [-0.2, 0) is 16.1 Å². The molecule has 6 rings (SSSR count). The van der Waals surface area contributed by atoms with Crippen molar-refractivity contribution in [3.8, 4) is 0 Å². The van der Waals surface area contributed by atoms with E-state index in [2.05, 4.69) is 58.8 Å². The smallest absolute Gasteiger partial charge is 0.303 e. The Balaban J connectivity index is 1.19. The first-order chi connectivity index (χ1) is 23.5.